The Kier molecular flexibility index (Phi) is 6.04. The molecule has 1 aromatic carbocycles. The molecule has 0 amide bonds. The molecule has 2 fully saturated rings. The lowest BCUT2D eigenvalue weighted by Gasteiger charge is -2.48. The second-order valence-electron chi connectivity index (χ2n) is 7.69. The molecule has 1 aromatic heterocycles. The van der Waals surface area contributed by atoms with Crippen molar-refractivity contribution in [3.05, 3.63) is 29.3 Å². The van der Waals surface area contributed by atoms with Gasteiger partial charge in [-0.2, -0.15) is 5.26 Å². The molecule has 1 spiro atoms. The monoisotopic (exact) mass is 413 g/mol. The molecule has 29 heavy (non-hydrogen) atoms. The maximum atomic E-state index is 9.94. The van der Waals surface area contributed by atoms with Crippen molar-refractivity contribution in [3.8, 4) is 28.1 Å². The lowest BCUT2D eigenvalue weighted by Crippen LogP contribution is -2.58. The van der Waals surface area contributed by atoms with Gasteiger partial charge in [-0.15, -0.1) is 11.3 Å². The first-order valence-corrected chi connectivity index (χ1v) is 11.0. The quantitative estimate of drug-likeness (QED) is 0.730. The maximum Gasteiger partial charge on any atom is 0.132 e. The Morgan fingerprint density at radius 1 is 1.28 bits per heavy atom. The predicted octanol–water partition coefficient (Wildman–Crippen LogP) is 4.25. The van der Waals surface area contributed by atoms with E-state index in [4.69, 9.17) is 19.2 Å². The van der Waals surface area contributed by atoms with Gasteiger partial charge in [0.05, 0.1) is 37.1 Å². The van der Waals surface area contributed by atoms with Crippen molar-refractivity contribution in [2.45, 2.75) is 50.3 Å². The van der Waals surface area contributed by atoms with Crippen LogP contribution in [0.4, 0.5) is 0 Å². The Hall–Kier alpha value is -2.14. The molecule has 0 radical (unpaired) electrons. The minimum Gasteiger partial charge on any atom is -0.497 e. The Balaban J connectivity index is 1.54. The van der Waals surface area contributed by atoms with E-state index >= 15 is 0 Å². The lowest BCUT2D eigenvalue weighted by molar-refractivity contribution is -0.138. The number of hydrogen-bond acceptors (Lipinski definition) is 7. The average Bonchev–Trinajstić information content (AvgIpc) is 3.22. The number of thiazole rings is 1. The summed E-state index contributed by atoms with van der Waals surface area (Å²) >= 11 is 1.60. The van der Waals surface area contributed by atoms with Crippen LogP contribution >= 0.6 is 11.3 Å². The summed E-state index contributed by atoms with van der Waals surface area (Å²) in [5.74, 6) is 1.50. The molecular formula is C22H27N3O3S. The van der Waals surface area contributed by atoms with E-state index in [1.807, 2.05) is 18.2 Å². The fraction of sp³-hybridized carbons (Fsp3) is 0.545. The van der Waals surface area contributed by atoms with Crippen LogP contribution in [0.25, 0.3) is 10.6 Å². The Morgan fingerprint density at radius 2 is 2.14 bits per heavy atom. The van der Waals surface area contributed by atoms with Crippen molar-refractivity contribution in [1.82, 2.24) is 9.88 Å². The fourth-order valence-corrected chi connectivity index (χ4v) is 5.36. The fourth-order valence-electron chi connectivity index (χ4n) is 4.52. The summed E-state index contributed by atoms with van der Waals surface area (Å²) in [5, 5.41) is 12.9. The van der Waals surface area contributed by atoms with Gasteiger partial charge in [0.25, 0.3) is 0 Å². The van der Waals surface area contributed by atoms with Crippen LogP contribution in [0.15, 0.2) is 23.6 Å². The first-order valence-electron chi connectivity index (χ1n) is 10.1. The zero-order valence-corrected chi connectivity index (χ0v) is 17.8. The molecule has 0 N–H and O–H groups in total. The Labute approximate surface area is 176 Å². The van der Waals surface area contributed by atoms with E-state index in [9.17, 15) is 5.26 Å². The summed E-state index contributed by atoms with van der Waals surface area (Å²) in [4.78, 5) is 7.10. The number of nitriles is 1. The lowest BCUT2D eigenvalue weighted by atomic mass is 9.79. The van der Waals surface area contributed by atoms with Crippen LogP contribution in [0.1, 0.15) is 37.8 Å². The molecule has 154 valence electrons. The van der Waals surface area contributed by atoms with E-state index in [-0.39, 0.29) is 11.6 Å². The van der Waals surface area contributed by atoms with Crippen molar-refractivity contribution >= 4 is 11.3 Å². The van der Waals surface area contributed by atoms with E-state index in [2.05, 4.69) is 16.3 Å². The first kappa shape index (κ1) is 20.1. The molecule has 2 aliphatic rings. The third-order valence-corrected chi connectivity index (χ3v) is 6.90. The maximum absolute atomic E-state index is 9.94. The summed E-state index contributed by atoms with van der Waals surface area (Å²) in [6.45, 7) is 2.34. The number of rotatable bonds is 5. The van der Waals surface area contributed by atoms with E-state index in [0.29, 0.717) is 6.54 Å². The van der Waals surface area contributed by atoms with Crippen molar-refractivity contribution in [2.24, 2.45) is 0 Å². The molecule has 0 bridgehead atoms. The van der Waals surface area contributed by atoms with Gasteiger partial charge in [0.1, 0.15) is 22.5 Å². The smallest absolute Gasteiger partial charge is 0.132 e. The molecule has 0 aliphatic carbocycles. The van der Waals surface area contributed by atoms with Crippen molar-refractivity contribution in [2.75, 3.05) is 27.4 Å². The molecule has 2 atom stereocenters. The Morgan fingerprint density at radius 3 is 2.86 bits per heavy atom. The normalized spacial score (nSPS) is 24.9. The highest BCUT2D eigenvalue weighted by Gasteiger charge is 2.47. The molecule has 7 heteroatoms. The van der Waals surface area contributed by atoms with Crippen LogP contribution in [0.5, 0.6) is 11.5 Å². The first-order chi connectivity index (χ1) is 14.2. The highest BCUT2D eigenvalue weighted by atomic mass is 32.1. The van der Waals surface area contributed by atoms with Crippen LogP contribution < -0.4 is 9.47 Å². The van der Waals surface area contributed by atoms with E-state index in [1.54, 1.807) is 25.6 Å². The van der Waals surface area contributed by atoms with Gasteiger partial charge in [-0.05, 0) is 44.2 Å². The molecule has 2 aromatic rings. The van der Waals surface area contributed by atoms with Crippen molar-refractivity contribution in [3.63, 3.8) is 0 Å². The number of nitrogens with zero attached hydrogens (tertiary/aromatic N) is 3. The summed E-state index contributed by atoms with van der Waals surface area (Å²) < 4.78 is 17.0. The van der Waals surface area contributed by atoms with Gasteiger partial charge in [0.15, 0.2) is 0 Å². The van der Waals surface area contributed by atoms with Gasteiger partial charge in [-0.1, -0.05) is 0 Å². The third-order valence-electron chi connectivity index (χ3n) is 5.97. The summed E-state index contributed by atoms with van der Waals surface area (Å²) in [5.41, 5.74) is 1.63. The number of methoxy groups -OCH3 is 2. The van der Waals surface area contributed by atoms with E-state index < -0.39 is 0 Å². The predicted molar refractivity (Wildman–Crippen MR) is 112 cm³/mol. The Bertz CT molecular complexity index is 880. The van der Waals surface area contributed by atoms with Crippen LogP contribution in [0.2, 0.25) is 0 Å². The summed E-state index contributed by atoms with van der Waals surface area (Å²) in [6.07, 6.45) is 5.25. The molecule has 4 rings (SSSR count). The molecule has 2 saturated heterocycles. The highest BCUT2D eigenvalue weighted by molar-refractivity contribution is 7.13. The number of piperidine rings is 1. The SMILES string of the molecule is COc1ccc(-c2nc(CN3CCC[C@]4(CCCCO4)[C@H]3C#N)cs2)c(OC)c1. The van der Waals surface area contributed by atoms with E-state index in [0.717, 1.165) is 73.0 Å². The van der Waals surface area contributed by atoms with Crippen LogP contribution in [0.3, 0.4) is 0 Å². The number of hydrogen-bond donors (Lipinski definition) is 0. The molecule has 0 unspecified atom stereocenters. The second-order valence-corrected chi connectivity index (χ2v) is 8.54. The topological polar surface area (TPSA) is 67.6 Å². The molecule has 0 saturated carbocycles. The summed E-state index contributed by atoms with van der Waals surface area (Å²) in [6, 6.07) is 8.10. The zero-order chi connectivity index (χ0) is 20.3. The highest BCUT2D eigenvalue weighted by Crippen LogP contribution is 2.39. The van der Waals surface area contributed by atoms with Gasteiger partial charge in [0.2, 0.25) is 0 Å². The van der Waals surface area contributed by atoms with E-state index in [1.165, 1.54) is 0 Å². The van der Waals surface area contributed by atoms with Crippen molar-refractivity contribution < 1.29 is 14.2 Å². The largest absolute Gasteiger partial charge is 0.497 e. The van der Waals surface area contributed by atoms with Crippen LogP contribution in [-0.2, 0) is 11.3 Å². The summed E-state index contributed by atoms with van der Waals surface area (Å²) in [7, 11) is 3.30. The third kappa shape index (κ3) is 3.97. The molecule has 2 aliphatic heterocycles. The van der Waals surface area contributed by atoms with Gasteiger partial charge in [-0.25, -0.2) is 4.98 Å². The van der Waals surface area contributed by atoms with Crippen LogP contribution in [-0.4, -0.2) is 48.9 Å². The second kappa shape index (κ2) is 8.70. The standard InChI is InChI=1S/C22H27N3O3S/c1-26-17-6-7-18(19(12-17)27-2)21-24-16(15-29-21)14-25-10-5-9-22(20(25)13-23)8-3-4-11-28-22/h6-7,12,15,20H,3-5,8-11,14H2,1-2H3/t20-,22-/m1/s1. The number of benzene rings is 1. The van der Waals surface area contributed by atoms with Crippen LogP contribution in [0, 0.1) is 11.3 Å². The minimum absolute atomic E-state index is 0.211. The zero-order valence-electron chi connectivity index (χ0n) is 17.0. The van der Waals surface area contributed by atoms with Gasteiger partial charge in [-0.3, -0.25) is 4.90 Å². The van der Waals surface area contributed by atoms with Gasteiger partial charge in [0, 0.05) is 31.1 Å². The van der Waals surface area contributed by atoms with Crippen molar-refractivity contribution in [1.29, 1.82) is 5.26 Å². The minimum atomic E-state index is -0.302. The number of likely N-dealkylation sites (tertiary alicyclic amines) is 1. The molecule has 3 heterocycles. The average molecular weight is 414 g/mol. The molecular weight excluding hydrogens is 386 g/mol. The number of ether oxygens (including phenoxy) is 3. The number of aromatic nitrogens is 1. The van der Waals surface area contributed by atoms with Gasteiger partial charge < -0.3 is 14.2 Å². The molecule has 6 nitrogen and oxygen atoms in total. The van der Waals surface area contributed by atoms with Gasteiger partial charge >= 0.3 is 0 Å².